The van der Waals surface area contributed by atoms with Crippen molar-refractivity contribution in [3.05, 3.63) is 22.4 Å². The number of hydrogen-bond acceptors (Lipinski definition) is 4. The highest BCUT2D eigenvalue weighted by Crippen LogP contribution is 2.11. The van der Waals surface area contributed by atoms with E-state index in [-0.39, 0.29) is 30.8 Å². The highest BCUT2D eigenvalue weighted by Gasteiger charge is 2.22. The first-order valence-corrected chi connectivity index (χ1v) is 7.29. The molecule has 1 saturated heterocycles. The van der Waals surface area contributed by atoms with Gasteiger partial charge in [0.2, 0.25) is 11.8 Å². The molecule has 0 spiro atoms. The number of carbonyl (C=O) groups is 3. The van der Waals surface area contributed by atoms with Crippen LogP contribution in [0.4, 0.5) is 0 Å². The van der Waals surface area contributed by atoms with E-state index in [2.05, 4.69) is 5.32 Å². The van der Waals surface area contributed by atoms with E-state index in [1.54, 1.807) is 19.2 Å². The van der Waals surface area contributed by atoms with Gasteiger partial charge in [-0.3, -0.25) is 14.4 Å². The molecule has 0 aromatic carbocycles. The summed E-state index contributed by atoms with van der Waals surface area (Å²) in [5, 5.41) is 4.54. The summed E-state index contributed by atoms with van der Waals surface area (Å²) in [7, 11) is 1.60. The molecule has 7 heteroatoms. The van der Waals surface area contributed by atoms with Crippen molar-refractivity contribution in [2.24, 2.45) is 0 Å². The maximum Gasteiger partial charge on any atom is 0.264 e. The van der Waals surface area contributed by atoms with Gasteiger partial charge in [0.15, 0.2) is 0 Å². The van der Waals surface area contributed by atoms with Gasteiger partial charge < -0.3 is 15.1 Å². The summed E-state index contributed by atoms with van der Waals surface area (Å²) in [6, 6.07) is 3.53. The Morgan fingerprint density at radius 3 is 3.00 bits per heavy atom. The molecule has 2 rings (SSSR count). The lowest BCUT2D eigenvalue weighted by molar-refractivity contribution is -0.135. The van der Waals surface area contributed by atoms with E-state index in [0.29, 0.717) is 18.0 Å². The quantitative estimate of drug-likeness (QED) is 0.864. The van der Waals surface area contributed by atoms with Gasteiger partial charge in [-0.25, -0.2) is 0 Å². The molecule has 1 aromatic heterocycles. The minimum absolute atomic E-state index is 0.00991. The summed E-state index contributed by atoms with van der Waals surface area (Å²) in [5.41, 5.74) is 0. The van der Waals surface area contributed by atoms with Crippen molar-refractivity contribution in [3.63, 3.8) is 0 Å². The molecule has 1 aromatic rings. The average molecular weight is 295 g/mol. The summed E-state index contributed by atoms with van der Waals surface area (Å²) in [6.45, 7) is 1.19. The van der Waals surface area contributed by atoms with E-state index in [0.717, 1.165) is 6.42 Å². The largest absolute Gasteiger partial charge is 0.354 e. The second-order valence-corrected chi connectivity index (χ2v) is 5.61. The molecule has 20 heavy (non-hydrogen) atoms. The fraction of sp³-hybridized carbons (Fsp3) is 0.462. The van der Waals surface area contributed by atoms with E-state index in [1.165, 1.54) is 21.1 Å². The number of amides is 3. The molecule has 0 atom stereocenters. The molecule has 108 valence electrons. The van der Waals surface area contributed by atoms with Gasteiger partial charge in [-0.2, -0.15) is 0 Å². The van der Waals surface area contributed by atoms with E-state index in [1.807, 2.05) is 5.38 Å². The van der Waals surface area contributed by atoms with Gasteiger partial charge in [0.05, 0.1) is 18.0 Å². The van der Waals surface area contributed by atoms with Crippen LogP contribution in [0.2, 0.25) is 0 Å². The predicted octanol–water partition coefficient (Wildman–Crippen LogP) is 0.169. The molecule has 1 aliphatic rings. The summed E-state index contributed by atoms with van der Waals surface area (Å²) in [5.74, 6) is -0.523. The Kier molecular flexibility index (Phi) is 4.73. The molecule has 0 aliphatic carbocycles. The number of thiophene rings is 1. The van der Waals surface area contributed by atoms with Gasteiger partial charge in [-0.05, 0) is 17.9 Å². The van der Waals surface area contributed by atoms with Crippen molar-refractivity contribution in [1.29, 1.82) is 0 Å². The number of rotatable bonds is 3. The van der Waals surface area contributed by atoms with Crippen LogP contribution in [-0.2, 0) is 9.59 Å². The second kappa shape index (κ2) is 6.51. The molecule has 0 bridgehead atoms. The van der Waals surface area contributed by atoms with Crippen LogP contribution in [0.3, 0.4) is 0 Å². The zero-order valence-corrected chi connectivity index (χ0v) is 12.1. The predicted molar refractivity (Wildman–Crippen MR) is 75.5 cm³/mol. The minimum Gasteiger partial charge on any atom is -0.354 e. The lowest BCUT2D eigenvalue weighted by Gasteiger charge is -2.23. The van der Waals surface area contributed by atoms with Crippen molar-refractivity contribution in [1.82, 2.24) is 15.1 Å². The summed E-state index contributed by atoms with van der Waals surface area (Å²) < 4.78 is 0. The monoisotopic (exact) mass is 295 g/mol. The standard InChI is InChI=1S/C13H17N3O3S/c1-15(13(19)10-4-2-7-20-10)9-12(18)16-6-3-5-14-11(17)8-16/h2,4,7H,3,5-6,8-9H2,1H3,(H,14,17). The van der Waals surface area contributed by atoms with Gasteiger partial charge in [0.25, 0.3) is 5.91 Å². The number of hydrogen-bond donors (Lipinski definition) is 1. The lowest BCUT2D eigenvalue weighted by Crippen LogP contribution is -2.43. The molecule has 1 fully saturated rings. The van der Waals surface area contributed by atoms with E-state index < -0.39 is 0 Å². The third-order valence-electron chi connectivity index (χ3n) is 3.07. The number of nitrogens with zero attached hydrogens (tertiary/aromatic N) is 2. The highest BCUT2D eigenvalue weighted by molar-refractivity contribution is 7.12. The first kappa shape index (κ1) is 14.5. The van der Waals surface area contributed by atoms with Crippen LogP contribution in [0.25, 0.3) is 0 Å². The SMILES string of the molecule is CN(CC(=O)N1CCCNC(=O)C1)C(=O)c1cccs1. The first-order chi connectivity index (χ1) is 9.58. The van der Waals surface area contributed by atoms with Crippen molar-refractivity contribution in [3.8, 4) is 0 Å². The van der Waals surface area contributed by atoms with E-state index in [4.69, 9.17) is 0 Å². The maximum absolute atomic E-state index is 12.1. The molecule has 3 amide bonds. The third-order valence-corrected chi connectivity index (χ3v) is 3.92. The van der Waals surface area contributed by atoms with Gasteiger partial charge in [0, 0.05) is 20.1 Å². The van der Waals surface area contributed by atoms with Gasteiger partial charge in [-0.1, -0.05) is 6.07 Å². The zero-order chi connectivity index (χ0) is 14.5. The summed E-state index contributed by atoms with van der Waals surface area (Å²) in [4.78, 5) is 39.1. The topological polar surface area (TPSA) is 69.7 Å². The van der Waals surface area contributed by atoms with E-state index >= 15 is 0 Å². The summed E-state index contributed by atoms with van der Waals surface area (Å²) in [6.07, 6.45) is 0.736. The molecular weight excluding hydrogens is 278 g/mol. The molecule has 1 N–H and O–H groups in total. The van der Waals surface area contributed by atoms with Crippen molar-refractivity contribution in [2.45, 2.75) is 6.42 Å². The van der Waals surface area contributed by atoms with Crippen LogP contribution in [0.1, 0.15) is 16.1 Å². The molecule has 6 nitrogen and oxygen atoms in total. The fourth-order valence-corrected chi connectivity index (χ4v) is 2.70. The number of carbonyl (C=O) groups excluding carboxylic acids is 3. The Labute approximate surface area is 121 Å². The van der Waals surface area contributed by atoms with Gasteiger partial charge in [-0.15, -0.1) is 11.3 Å². The molecule has 2 heterocycles. The molecule has 0 unspecified atom stereocenters. The normalized spacial score (nSPS) is 15.4. The van der Waals surface area contributed by atoms with Crippen LogP contribution in [0, 0.1) is 0 Å². The lowest BCUT2D eigenvalue weighted by atomic mass is 10.3. The first-order valence-electron chi connectivity index (χ1n) is 6.41. The highest BCUT2D eigenvalue weighted by atomic mass is 32.1. The Morgan fingerprint density at radius 1 is 1.50 bits per heavy atom. The van der Waals surface area contributed by atoms with Crippen LogP contribution in [0.15, 0.2) is 17.5 Å². The molecule has 1 aliphatic heterocycles. The van der Waals surface area contributed by atoms with Crippen molar-refractivity contribution in [2.75, 3.05) is 33.2 Å². The molecular formula is C13H17N3O3S. The second-order valence-electron chi connectivity index (χ2n) is 4.66. The minimum atomic E-state index is -0.200. The van der Waals surface area contributed by atoms with Gasteiger partial charge >= 0.3 is 0 Å². The smallest absolute Gasteiger partial charge is 0.264 e. The van der Waals surface area contributed by atoms with Crippen LogP contribution in [0.5, 0.6) is 0 Å². The van der Waals surface area contributed by atoms with Crippen LogP contribution in [-0.4, -0.2) is 60.7 Å². The van der Waals surface area contributed by atoms with E-state index in [9.17, 15) is 14.4 Å². The Balaban J connectivity index is 1.93. The number of nitrogens with one attached hydrogen (secondary N) is 1. The average Bonchev–Trinajstić information content (AvgIpc) is 2.86. The Hall–Kier alpha value is -1.89. The van der Waals surface area contributed by atoms with Crippen molar-refractivity contribution >= 4 is 29.1 Å². The Morgan fingerprint density at radius 2 is 2.30 bits per heavy atom. The Bertz CT molecular complexity index is 501. The summed E-state index contributed by atoms with van der Waals surface area (Å²) >= 11 is 1.35. The van der Waals surface area contributed by atoms with Crippen LogP contribution >= 0.6 is 11.3 Å². The number of likely N-dealkylation sites (N-methyl/N-ethyl adjacent to an activating group) is 1. The zero-order valence-electron chi connectivity index (χ0n) is 11.3. The van der Waals surface area contributed by atoms with Crippen molar-refractivity contribution < 1.29 is 14.4 Å². The fourth-order valence-electron chi connectivity index (χ4n) is 1.98. The molecule has 0 radical (unpaired) electrons. The molecule has 0 saturated carbocycles. The maximum atomic E-state index is 12.1. The van der Waals surface area contributed by atoms with Crippen LogP contribution < -0.4 is 5.32 Å². The third kappa shape index (κ3) is 3.57. The van der Waals surface area contributed by atoms with Gasteiger partial charge in [0.1, 0.15) is 0 Å².